The third kappa shape index (κ3) is 3.44. The molecule has 1 N–H and O–H groups in total. The highest BCUT2D eigenvalue weighted by molar-refractivity contribution is 6.17. The Bertz CT molecular complexity index is 596. The molecule has 1 atom stereocenters. The van der Waals surface area contributed by atoms with Gasteiger partial charge in [0.15, 0.2) is 6.07 Å². The van der Waals surface area contributed by atoms with Crippen LogP contribution in [0.1, 0.15) is 26.3 Å². The number of carbonyl (C=O) groups excluding carboxylic acids is 2. The molecule has 0 bridgehead atoms. The number of hydrogen-bond donors (Lipinski definition) is 1. The molecule has 1 amide bonds. The minimum absolute atomic E-state index is 0.00123. The van der Waals surface area contributed by atoms with Crippen LogP contribution in [0.5, 0.6) is 5.75 Å². The van der Waals surface area contributed by atoms with Crippen molar-refractivity contribution < 1.29 is 24.2 Å². The van der Waals surface area contributed by atoms with Gasteiger partial charge in [-0.1, -0.05) is 17.7 Å². The summed E-state index contributed by atoms with van der Waals surface area (Å²) in [6, 6.07) is 3.44. The number of nitrogens with zero attached hydrogens (tertiary/aromatic N) is 1. The van der Waals surface area contributed by atoms with Gasteiger partial charge in [-0.3, -0.25) is 4.90 Å². The van der Waals surface area contributed by atoms with Crippen LogP contribution in [0.4, 0.5) is 10.5 Å². The molecular formula is C15H18ClNO5. The summed E-state index contributed by atoms with van der Waals surface area (Å²) in [5, 5.41) is 9.64. The van der Waals surface area contributed by atoms with E-state index in [1.807, 2.05) is 0 Å². The van der Waals surface area contributed by atoms with Crippen LogP contribution in [0, 0.1) is 0 Å². The lowest BCUT2D eigenvalue weighted by Gasteiger charge is -2.28. The Hall–Kier alpha value is -1.95. The smallest absolute Gasteiger partial charge is 0.415 e. The fraction of sp³-hybridized carbons (Fsp3) is 0.467. The van der Waals surface area contributed by atoms with E-state index in [9.17, 15) is 14.7 Å². The van der Waals surface area contributed by atoms with Crippen molar-refractivity contribution in [3.63, 3.8) is 0 Å². The molecule has 0 fully saturated rings. The lowest BCUT2D eigenvalue weighted by Crippen LogP contribution is -2.46. The number of halogens is 1. The predicted octanol–water partition coefficient (Wildman–Crippen LogP) is 2.80. The summed E-state index contributed by atoms with van der Waals surface area (Å²) in [6.45, 7) is 5.20. The van der Waals surface area contributed by atoms with Gasteiger partial charge < -0.3 is 14.6 Å². The van der Waals surface area contributed by atoms with Crippen molar-refractivity contribution >= 4 is 29.4 Å². The summed E-state index contributed by atoms with van der Waals surface area (Å²) in [6.07, 6.45) is -0.390. The van der Waals surface area contributed by atoms with Gasteiger partial charge in [-0.05, 0) is 32.4 Å². The Morgan fingerprint density at radius 3 is 2.68 bits per heavy atom. The number of anilines is 1. The summed E-state index contributed by atoms with van der Waals surface area (Å²) in [5.41, 5.74) is 0.475. The van der Waals surface area contributed by atoms with Gasteiger partial charge in [0.1, 0.15) is 17.4 Å². The van der Waals surface area contributed by atoms with Crippen molar-refractivity contribution in [1.82, 2.24) is 0 Å². The van der Waals surface area contributed by atoms with Crippen LogP contribution in [-0.2, 0) is 20.7 Å². The van der Waals surface area contributed by atoms with Crippen molar-refractivity contribution in [2.24, 2.45) is 0 Å². The summed E-state index contributed by atoms with van der Waals surface area (Å²) in [7, 11) is 0. The Labute approximate surface area is 133 Å². The van der Waals surface area contributed by atoms with Crippen LogP contribution < -0.4 is 4.90 Å². The lowest BCUT2D eigenvalue weighted by molar-refractivity contribution is -0.143. The van der Waals surface area contributed by atoms with Crippen LogP contribution in [0.25, 0.3) is 0 Å². The normalized spacial score (nSPS) is 17.1. The Balaban J connectivity index is 2.37. The van der Waals surface area contributed by atoms with E-state index in [-0.39, 0.29) is 18.2 Å². The van der Waals surface area contributed by atoms with Crippen LogP contribution in [0.15, 0.2) is 18.2 Å². The van der Waals surface area contributed by atoms with E-state index < -0.39 is 23.7 Å². The molecule has 22 heavy (non-hydrogen) atoms. The van der Waals surface area contributed by atoms with Crippen LogP contribution in [0.2, 0.25) is 0 Å². The first-order valence-electron chi connectivity index (χ1n) is 6.79. The highest BCUT2D eigenvalue weighted by Gasteiger charge is 2.41. The predicted molar refractivity (Wildman–Crippen MR) is 81.1 cm³/mol. The Morgan fingerprint density at radius 1 is 1.41 bits per heavy atom. The number of fused-ring (bicyclic) bond motifs is 1. The number of aromatic hydroxyl groups is 1. The van der Waals surface area contributed by atoms with Crippen molar-refractivity contribution in [3.05, 3.63) is 23.8 Å². The molecule has 120 valence electrons. The molecule has 1 aliphatic rings. The number of alkyl halides is 1. The fourth-order valence-corrected chi connectivity index (χ4v) is 2.40. The summed E-state index contributed by atoms with van der Waals surface area (Å²) in [4.78, 5) is 25.7. The second-order valence-electron chi connectivity index (χ2n) is 5.96. The van der Waals surface area contributed by atoms with Crippen LogP contribution >= 0.6 is 11.6 Å². The van der Waals surface area contributed by atoms with Gasteiger partial charge in [-0.2, -0.15) is 0 Å². The number of hydrogen-bond acceptors (Lipinski definition) is 5. The van der Waals surface area contributed by atoms with Gasteiger partial charge in [0.05, 0.1) is 5.69 Å². The molecule has 1 aromatic rings. The topological polar surface area (TPSA) is 76.1 Å². The molecule has 0 spiro atoms. The zero-order valence-corrected chi connectivity index (χ0v) is 13.4. The highest BCUT2D eigenvalue weighted by Crippen LogP contribution is 2.36. The number of amides is 1. The van der Waals surface area contributed by atoms with Gasteiger partial charge in [-0.15, -0.1) is 0 Å². The molecule has 1 heterocycles. The van der Waals surface area contributed by atoms with Crippen molar-refractivity contribution in [2.45, 2.75) is 38.8 Å². The highest BCUT2D eigenvalue weighted by atomic mass is 35.5. The number of rotatable bonds is 2. The van der Waals surface area contributed by atoms with E-state index in [2.05, 4.69) is 0 Å². The second kappa shape index (κ2) is 6.04. The number of phenols is 1. The van der Waals surface area contributed by atoms with Crippen molar-refractivity contribution in [3.8, 4) is 5.75 Å². The minimum Gasteiger partial charge on any atom is -0.508 e. The molecule has 1 unspecified atom stereocenters. The molecule has 2 rings (SSSR count). The zero-order valence-electron chi connectivity index (χ0n) is 12.6. The average molecular weight is 328 g/mol. The van der Waals surface area contributed by atoms with Gasteiger partial charge in [-0.25, -0.2) is 9.59 Å². The molecule has 0 aromatic heterocycles. The lowest BCUT2D eigenvalue weighted by atomic mass is 10.1. The fourth-order valence-electron chi connectivity index (χ4n) is 2.29. The number of ether oxygens (including phenoxy) is 2. The first-order chi connectivity index (χ1) is 10.2. The Morgan fingerprint density at radius 2 is 2.09 bits per heavy atom. The maximum atomic E-state index is 12.4. The van der Waals surface area contributed by atoms with Gasteiger partial charge in [0, 0.05) is 12.5 Å². The molecule has 0 saturated carbocycles. The van der Waals surface area contributed by atoms with E-state index in [0.29, 0.717) is 5.69 Å². The van der Waals surface area contributed by atoms with Gasteiger partial charge >= 0.3 is 12.1 Å². The maximum Gasteiger partial charge on any atom is 0.415 e. The molecule has 0 aliphatic carbocycles. The standard InChI is InChI=1S/C15H18ClNO5/c1-15(2,3)22-14(20)17-11-7-10(18)5-4-9(11)6-12(17)13(19)21-8-16/h4-5,7,12,18H,6,8H2,1-3H3. The SMILES string of the molecule is CC(C)(C)OC(=O)N1c2cc(O)ccc2CC1C(=O)OCCl. The third-order valence-electron chi connectivity index (χ3n) is 3.11. The van der Waals surface area contributed by atoms with Gasteiger partial charge in [0.25, 0.3) is 0 Å². The zero-order chi connectivity index (χ0) is 16.5. The average Bonchev–Trinajstić information content (AvgIpc) is 2.75. The molecule has 7 heteroatoms. The summed E-state index contributed by atoms with van der Waals surface area (Å²) in [5.74, 6) is -0.616. The molecule has 1 aliphatic heterocycles. The Kier molecular flexibility index (Phi) is 4.51. The van der Waals surface area contributed by atoms with E-state index in [0.717, 1.165) is 5.56 Å². The summed E-state index contributed by atoms with van der Waals surface area (Å²) >= 11 is 5.43. The largest absolute Gasteiger partial charge is 0.508 e. The first kappa shape index (κ1) is 16.4. The van der Waals surface area contributed by atoms with E-state index in [1.165, 1.54) is 17.0 Å². The molecule has 1 aromatic carbocycles. The van der Waals surface area contributed by atoms with Crippen LogP contribution in [0.3, 0.4) is 0 Å². The quantitative estimate of drug-likeness (QED) is 0.667. The molecule has 0 radical (unpaired) electrons. The van der Waals surface area contributed by atoms with Crippen molar-refractivity contribution in [1.29, 1.82) is 0 Å². The summed E-state index contributed by atoms with van der Waals surface area (Å²) < 4.78 is 10.2. The number of esters is 1. The number of carbonyl (C=O) groups is 2. The van der Waals surface area contributed by atoms with E-state index in [4.69, 9.17) is 21.1 Å². The monoisotopic (exact) mass is 327 g/mol. The van der Waals surface area contributed by atoms with Crippen molar-refractivity contribution in [2.75, 3.05) is 11.0 Å². The van der Waals surface area contributed by atoms with E-state index in [1.54, 1.807) is 26.8 Å². The van der Waals surface area contributed by atoms with Gasteiger partial charge in [0.2, 0.25) is 0 Å². The van der Waals surface area contributed by atoms with E-state index >= 15 is 0 Å². The second-order valence-corrected chi connectivity index (χ2v) is 6.17. The third-order valence-corrected chi connectivity index (χ3v) is 3.22. The molecule has 0 saturated heterocycles. The molecule has 6 nitrogen and oxygen atoms in total. The number of benzene rings is 1. The van der Waals surface area contributed by atoms with Crippen LogP contribution in [-0.4, -0.2) is 34.9 Å². The maximum absolute atomic E-state index is 12.4. The molecular weight excluding hydrogens is 310 g/mol. The number of phenolic OH excluding ortho intramolecular Hbond substituents is 1. The minimum atomic E-state index is -0.856. The first-order valence-corrected chi connectivity index (χ1v) is 7.33.